The lowest BCUT2D eigenvalue weighted by molar-refractivity contribution is 0.269. The normalized spacial score (nSPS) is 11.8. The lowest BCUT2D eigenvalue weighted by Gasteiger charge is -2.23. The topological polar surface area (TPSA) is 15.3 Å². The quantitative estimate of drug-likeness (QED) is 0.137. The van der Waals surface area contributed by atoms with E-state index in [1.54, 1.807) is 0 Å². The van der Waals surface area contributed by atoms with Gasteiger partial charge in [-0.25, -0.2) is 0 Å². The molecule has 2 nitrogen and oxygen atoms in total. The predicted octanol–water partition coefficient (Wildman–Crippen LogP) is 11.8. The molecule has 0 radical (unpaired) electrons. The Bertz CT molecular complexity index is 1180. The number of hydrogen-bond donors (Lipinski definition) is 1. The van der Waals surface area contributed by atoms with Crippen LogP contribution in [-0.2, 0) is 6.42 Å². The number of nitrogens with one attached hydrogen (secondary N) is 1. The summed E-state index contributed by atoms with van der Waals surface area (Å²) >= 11 is 0. The molecule has 1 N–H and O–H groups in total. The largest absolute Gasteiger partial charge is 0.384 e. The van der Waals surface area contributed by atoms with Crippen LogP contribution in [0.5, 0.6) is 0 Å². The minimum atomic E-state index is 0.529. The van der Waals surface area contributed by atoms with E-state index in [-0.39, 0.29) is 0 Å². The van der Waals surface area contributed by atoms with Gasteiger partial charge in [0.1, 0.15) is 0 Å². The Morgan fingerprint density at radius 2 is 1.36 bits per heavy atom. The Morgan fingerprint density at radius 3 is 1.91 bits per heavy atom. The first-order chi connectivity index (χ1) is 21.9. The van der Waals surface area contributed by atoms with Gasteiger partial charge in [0.25, 0.3) is 0 Å². The van der Waals surface area contributed by atoms with Gasteiger partial charge in [-0.2, -0.15) is 0 Å². The molecule has 3 aromatic carbocycles. The first-order valence-electron chi connectivity index (χ1n) is 18.2. The number of rotatable bonds is 20. The minimum absolute atomic E-state index is 0.529. The highest BCUT2D eigenvalue weighted by atomic mass is 15.1. The van der Waals surface area contributed by atoms with Crippen molar-refractivity contribution < 1.29 is 0 Å². The van der Waals surface area contributed by atoms with Crippen LogP contribution in [0.4, 0.5) is 0 Å². The molecule has 0 spiro atoms. The zero-order valence-corrected chi connectivity index (χ0v) is 30.1. The summed E-state index contributed by atoms with van der Waals surface area (Å²) in [4.78, 5) is 2.60. The smallest absolute Gasteiger partial charge is 0.0341 e. The van der Waals surface area contributed by atoms with Gasteiger partial charge in [-0.1, -0.05) is 152 Å². The molecule has 0 saturated carbocycles. The third-order valence-corrected chi connectivity index (χ3v) is 9.07. The number of benzene rings is 3. The van der Waals surface area contributed by atoms with Crippen molar-refractivity contribution in [2.45, 2.75) is 119 Å². The molecule has 0 fully saturated rings. The van der Waals surface area contributed by atoms with Crippen LogP contribution in [0, 0.1) is 19.8 Å². The summed E-state index contributed by atoms with van der Waals surface area (Å²) in [6.07, 6.45) is 12.8. The molecule has 0 aromatic heterocycles. The van der Waals surface area contributed by atoms with E-state index >= 15 is 0 Å². The van der Waals surface area contributed by atoms with Gasteiger partial charge in [-0.3, -0.25) is 0 Å². The maximum Gasteiger partial charge on any atom is 0.0341 e. The second kappa shape index (κ2) is 22.6. The summed E-state index contributed by atoms with van der Waals surface area (Å²) < 4.78 is 0. The highest BCUT2D eigenvalue weighted by molar-refractivity contribution is 5.62. The molecular formula is C43H66N2. The number of unbranched alkanes of at least 4 members (excludes halogenated alkanes) is 2. The van der Waals surface area contributed by atoms with Crippen molar-refractivity contribution in [3.63, 3.8) is 0 Å². The second-order valence-electron chi connectivity index (χ2n) is 13.0. The summed E-state index contributed by atoms with van der Waals surface area (Å²) in [6.45, 7) is 24.6. The van der Waals surface area contributed by atoms with E-state index in [0.29, 0.717) is 5.92 Å². The Morgan fingerprint density at radius 1 is 0.711 bits per heavy atom. The van der Waals surface area contributed by atoms with Crippen LogP contribution in [0.25, 0.3) is 5.70 Å². The summed E-state index contributed by atoms with van der Waals surface area (Å²) in [5.41, 5.74) is 9.40. The Balaban J connectivity index is 0.000000368. The van der Waals surface area contributed by atoms with Crippen LogP contribution in [0.3, 0.4) is 0 Å². The Labute approximate surface area is 278 Å². The molecule has 45 heavy (non-hydrogen) atoms. The third kappa shape index (κ3) is 14.4. The van der Waals surface area contributed by atoms with Gasteiger partial charge in [0.2, 0.25) is 0 Å². The maximum absolute atomic E-state index is 4.31. The molecule has 3 aromatic rings. The maximum atomic E-state index is 4.31. The fourth-order valence-electron chi connectivity index (χ4n) is 6.39. The first-order valence-corrected chi connectivity index (χ1v) is 18.2. The van der Waals surface area contributed by atoms with E-state index in [1.165, 1.54) is 104 Å². The van der Waals surface area contributed by atoms with Crippen molar-refractivity contribution in [2.24, 2.45) is 5.92 Å². The van der Waals surface area contributed by atoms with Gasteiger partial charge >= 0.3 is 0 Å². The van der Waals surface area contributed by atoms with E-state index in [2.05, 4.69) is 138 Å². The van der Waals surface area contributed by atoms with E-state index in [9.17, 15) is 0 Å². The average molecular weight is 611 g/mol. The minimum Gasteiger partial charge on any atom is -0.384 e. The summed E-state index contributed by atoms with van der Waals surface area (Å²) in [5, 5.41) is 3.57. The highest BCUT2D eigenvalue weighted by Crippen LogP contribution is 2.28. The second-order valence-corrected chi connectivity index (χ2v) is 13.0. The summed E-state index contributed by atoms with van der Waals surface area (Å²) in [7, 11) is 0. The fourth-order valence-corrected chi connectivity index (χ4v) is 6.39. The lowest BCUT2D eigenvalue weighted by Crippen LogP contribution is -2.33. The van der Waals surface area contributed by atoms with Crippen molar-refractivity contribution in [3.8, 4) is 0 Å². The van der Waals surface area contributed by atoms with Crippen LogP contribution < -0.4 is 5.32 Å². The van der Waals surface area contributed by atoms with Gasteiger partial charge in [0.05, 0.1) is 0 Å². The zero-order chi connectivity index (χ0) is 32.9. The monoisotopic (exact) mass is 611 g/mol. The fraction of sp³-hybridized carbons (Fsp3) is 0.535. The van der Waals surface area contributed by atoms with Crippen molar-refractivity contribution in [1.29, 1.82) is 0 Å². The highest BCUT2D eigenvalue weighted by Gasteiger charge is 2.12. The molecule has 248 valence electrons. The first kappa shape index (κ1) is 38.3. The molecule has 0 aliphatic carbocycles. The predicted molar refractivity (Wildman–Crippen MR) is 201 cm³/mol. The molecule has 1 unspecified atom stereocenters. The van der Waals surface area contributed by atoms with Crippen molar-refractivity contribution in [3.05, 3.63) is 113 Å². The molecule has 0 saturated heterocycles. The molecule has 0 heterocycles. The van der Waals surface area contributed by atoms with Crippen LogP contribution in [-0.4, -0.2) is 31.1 Å². The molecule has 0 bridgehead atoms. The summed E-state index contributed by atoms with van der Waals surface area (Å²) in [5.74, 6) is 1.36. The molecule has 0 amide bonds. The average Bonchev–Trinajstić information content (AvgIpc) is 3.04. The van der Waals surface area contributed by atoms with E-state index in [1.807, 2.05) is 0 Å². The van der Waals surface area contributed by atoms with Crippen molar-refractivity contribution in [2.75, 3.05) is 26.2 Å². The Hall–Kier alpha value is -2.84. The molecule has 2 heteroatoms. The lowest BCUT2D eigenvalue weighted by atomic mass is 9.88. The van der Waals surface area contributed by atoms with Crippen molar-refractivity contribution in [1.82, 2.24) is 10.2 Å². The van der Waals surface area contributed by atoms with E-state index in [0.717, 1.165) is 31.1 Å². The SMILES string of the molecule is C=C(NCCN(CCCC)CCCC)c1ccc(CC(CCC)CCC)c(C)c1.CCC(c1ccccc1)c1cccc(C)c1. The van der Waals surface area contributed by atoms with Crippen LogP contribution in [0.15, 0.2) is 79.4 Å². The van der Waals surface area contributed by atoms with Gasteiger partial charge < -0.3 is 10.2 Å². The zero-order valence-electron chi connectivity index (χ0n) is 30.1. The number of nitrogens with zero attached hydrogens (tertiary/aromatic N) is 1. The van der Waals surface area contributed by atoms with Gasteiger partial charge in [-0.15, -0.1) is 0 Å². The van der Waals surface area contributed by atoms with Crippen LogP contribution in [0.2, 0.25) is 0 Å². The number of hydrogen-bond acceptors (Lipinski definition) is 2. The van der Waals surface area contributed by atoms with E-state index < -0.39 is 0 Å². The molecule has 0 aliphatic heterocycles. The molecule has 1 atom stereocenters. The number of aryl methyl sites for hydroxylation is 2. The van der Waals surface area contributed by atoms with Crippen LogP contribution in [0.1, 0.15) is 132 Å². The molecule has 0 aliphatic rings. The van der Waals surface area contributed by atoms with Crippen LogP contribution >= 0.6 is 0 Å². The van der Waals surface area contributed by atoms with Crippen molar-refractivity contribution >= 4 is 5.70 Å². The molecular weight excluding hydrogens is 544 g/mol. The van der Waals surface area contributed by atoms with Gasteiger partial charge in [-0.05, 0) is 92.4 Å². The summed E-state index contributed by atoms with van der Waals surface area (Å²) in [6, 6.07) is 26.5. The Kier molecular flexibility index (Phi) is 19.3. The molecule has 3 rings (SSSR count). The van der Waals surface area contributed by atoms with Gasteiger partial charge in [0.15, 0.2) is 0 Å². The van der Waals surface area contributed by atoms with Gasteiger partial charge in [0, 0.05) is 24.7 Å². The third-order valence-electron chi connectivity index (χ3n) is 9.07. The standard InChI is InChI=1S/C27H48N2.C16H18/c1-7-11-18-29(19-12-8-2)20-17-28-24(6)27-16-15-26(23(5)21-27)22-25(13-9-3)14-10-4;1-3-16(14-9-5-4-6-10-14)15-11-7-8-13(2)12-15/h15-16,21,25,28H,6-14,17-20,22H2,1-5H3;4-12,16H,3H2,1-2H3. The van der Waals surface area contributed by atoms with E-state index in [4.69, 9.17) is 0 Å².